The molecule has 160 valence electrons. The predicted octanol–water partition coefficient (Wildman–Crippen LogP) is 2.95. The Labute approximate surface area is 177 Å². The molecule has 10 nitrogen and oxygen atoms in total. The van der Waals surface area contributed by atoms with E-state index < -0.39 is 0 Å². The van der Waals surface area contributed by atoms with Crippen LogP contribution >= 0.6 is 0 Å². The van der Waals surface area contributed by atoms with Crippen LogP contribution in [0.2, 0.25) is 0 Å². The lowest BCUT2D eigenvalue weighted by molar-refractivity contribution is 0.397. The van der Waals surface area contributed by atoms with Crippen LogP contribution in [0, 0.1) is 6.92 Å². The van der Waals surface area contributed by atoms with Crippen molar-refractivity contribution in [2.45, 2.75) is 6.92 Å². The highest BCUT2D eigenvalue weighted by atomic mass is 16.5. The van der Waals surface area contributed by atoms with Gasteiger partial charge in [-0.1, -0.05) is 0 Å². The van der Waals surface area contributed by atoms with Gasteiger partial charge in [0.1, 0.15) is 39.4 Å². The molecule has 0 aliphatic rings. The van der Waals surface area contributed by atoms with Gasteiger partial charge in [-0.2, -0.15) is 0 Å². The standard InChI is InChI=1S/C21H21N5O5/c1-10-12-8-11(28-2)9-15(31-5)17(12)23-20(22-10)26-21-24-18-14(30-4)7-6-13(29-3)16(18)19(27)25-21/h6-9H,1-5H3,(H2,22,23,24,25,26,27). The smallest absolute Gasteiger partial charge is 0.264 e. The maximum absolute atomic E-state index is 12.7. The Hall–Kier alpha value is -4.08. The van der Waals surface area contributed by atoms with Crippen LogP contribution in [-0.4, -0.2) is 48.4 Å². The molecule has 0 aliphatic heterocycles. The third-order valence-corrected chi connectivity index (χ3v) is 4.84. The monoisotopic (exact) mass is 423 g/mol. The topological polar surface area (TPSA) is 120 Å². The number of aromatic amines is 1. The van der Waals surface area contributed by atoms with E-state index in [9.17, 15) is 4.79 Å². The van der Waals surface area contributed by atoms with Gasteiger partial charge in [0.05, 0.1) is 34.1 Å². The molecule has 0 fully saturated rings. The summed E-state index contributed by atoms with van der Waals surface area (Å²) in [5.41, 5.74) is 1.27. The number of H-pyrrole nitrogens is 1. The highest BCUT2D eigenvalue weighted by molar-refractivity contribution is 5.91. The summed E-state index contributed by atoms with van der Waals surface area (Å²) in [5, 5.41) is 4.04. The summed E-state index contributed by atoms with van der Waals surface area (Å²) in [5.74, 6) is 2.42. The molecule has 2 aromatic carbocycles. The lowest BCUT2D eigenvalue weighted by atomic mass is 10.1. The quantitative estimate of drug-likeness (QED) is 0.482. The van der Waals surface area contributed by atoms with E-state index in [1.807, 2.05) is 13.0 Å². The molecule has 0 aliphatic carbocycles. The first-order valence-electron chi connectivity index (χ1n) is 9.31. The molecule has 0 atom stereocenters. The van der Waals surface area contributed by atoms with Crippen molar-refractivity contribution in [3.05, 3.63) is 40.3 Å². The first-order valence-corrected chi connectivity index (χ1v) is 9.31. The van der Waals surface area contributed by atoms with Gasteiger partial charge < -0.3 is 18.9 Å². The molecule has 0 radical (unpaired) electrons. The van der Waals surface area contributed by atoms with Crippen molar-refractivity contribution in [3.8, 4) is 23.0 Å². The lowest BCUT2D eigenvalue weighted by Gasteiger charge is -2.13. The first-order chi connectivity index (χ1) is 15.0. The van der Waals surface area contributed by atoms with E-state index in [4.69, 9.17) is 18.9 Å². The number of nitrogens with zero attached hydrogens (tertiary/aromatic N) is 3. The second-order valence-corrected chi connectivity index (χ2v) is 6.59. The largest absolute Gasteiger partial charge is 0.497 e. The van der Waals surface area contributed by atoms with Gasteiger partial charge in [-0.25, -0.2) is 15.0 Å². The third kappa shape index (κ3) is 3.52. The minimum atomic E-state index is -0.386. The Morgan fingerprint density at radius 2 is 1.55 bits per heavy atom. The summed E-state index contributed by atoms with van der Waals surface area (Å²) in [7, 11) is 6.13. The number of fused-ring (bicyclic) bond motifs is 2. The van der Waals surface area contributed by atoms with E-state index in [1.54, 1.807) is 32.4 Å². The van der Waals surface area contributed by atoms with Crippen LogP contribution in [-0.2, 0) is 0 Å². The number of hydrogen-bond acceptors (Lipinski definition) is 9. The molecule has 0 saturated heterocycles. The molecular weight excluding hydrogens is 402 g/mol. The molecule has 2 heterocycles. The summed E-state index contributed by atoms with van der Waals surface area (Å²) in [4.78, 5) is 28.9. The molecule has 0 spiro atoms. The van der Waals surface area contributed by atoms with Crippen molar-refractivity contribution < 1.29 is 18.9 Å². The minimum Gasteiger partial charge on any atom is -0.497 e. The summed E-state index contributed by atoms with van der Waals surface area (Å²) in [6, 6.07) is 6.92. The number of ether oxygens (including phenoxy) is 4. The lowest BCUT2D eigenvalue weighted by Crippen LogP contribution is -2.14. The SMILES string of the molecule is COc1cc(OC)c2nc(Nc3nc4c(OC)ccc(OC)c4c(=O)[nH]3)nc(C)c2c1. The zero-order chi connectivity index (χ0) is 22.1. The molecule has 0 bridgehead atoms. The molecule has 31 heavy (non-hydrogen) atoms. The van der Waals surface area contributed by atoms with Crippen molar-refractivity contribution in [3.63, 3.8) is 0 Å². The Balaban J connectivity index is 1.85. The van der Waals surface area contributed by atoms with E-state index in [2.05, 4.69) is 25.3 Å². The summed E-state index contributed by atoms with van der Waals surface area (Å²) in [6.07, 6.45) is 0. The highest BCUT2D eigenvalue weighted by Crippen LogP contribution is 2.33. The molecule has 2 N–H and O–H groups in total. The van der Waals surface area contributed by atoms with Gasteiger partial charge in [0.25, 0.3) is 5.56 Å². The van der Waals surface area contributed by atoms with E-state index in [1.165, 1.54) is 14.2 Å². The maximum atomic E-state index is 12.7. The normalized spacial score (nSPS) is 10.9. The summed E-state index contributed by atoms with van der Waals surface area (Å²) in [6.45, 7) is 1.85. The van der Waals surface area contributed by atoms with Gasteiger partial charge in [-0.15, -0.1) is 0 Å². The summed E-state index contributed by atoms with van der Waals surface area (Å²) < 4.78 is 21.4. The fourth-order valence-corrected chi connectivity index (χ4v) is 3.35. The second kappa shape index (κ2) is 7.98. The van der Waals surface area contributed by atoms with Crippen molar-refractivity contribution in [2.75, 3.05) is 33.8 Å². The molecule has 0 amide bonds. The Morgan fingerprint density at radius 3 is 2.23 bits per heavy atom. The number of benzene rings is 2. The van der Waals surface area contributed by atoms with E-state index in [-0.39, 0.29) is 22.8 Å². The van der Waals surface area contributed by atoms with Crippen LogP contribution in [0.25, 0.3) is 21.8 Å². The van der Waals surface area contributed by atoms with Crippen molar-refractivity contribution in [2.24, 2.45) is 0 Å². The van der Waals surface area contributed by atoms with Crippen LogP contribution < -0.4 is 29.8 Å². The molecular formula is C21H21N5O5. The second-order valence-electron chi connectivity index (χ2n) is 6.59. The third-order valence-electron chi connectivity index (χ3n) is 4.84. The van der Waals surface area contributed by atoms with E-state index >= 15 is 0 Å². The van der Waals surface area contributed by atoms with Gasteiger partial charge in [0.15, 0.2) is 0 Å². The minimum absolute atomic E-state index is 0.162. The van der Waals surface area contributed by atoms with Crippen molar-refractivity contribution >= 4 is 33.7 Å². The van der Waals surface area contributed by atoms with Crippen LogP contribution in [0.3, 0.4) is 0 Å². The Kier molecular flexibility index (Phi) is 5.20. The number of methoxy groups -OCH3 is 4. The highest BCUT2D eigenvalue weighted by Gasteiger charge is 2.16. The number of nitrogens with one attached hydrogen (secondary N) is 2. The van der Waals surface area contributed by atoms with Gasteiger partial charge in [0, 0.05) is 11.5 Å². The Bertz CT molecular complexity index is 1350. The van der Waals surface area contributed by atoms with Gasteiger partial charge in [-0.3, -0.25) is 15.1 Å². The Morgan fingerprint density at radius 1 is 0.839 bits per heavy atom. The average molecular weight is 423 g/mol. The van der Waals surface area contributed by atoms with Gasteiger partial charge in [-0.05, 0) is 25.1 Å². The number of aromatic nitrogens is 4. The predicted molar refractivity (Wildman–Crippen MR) is 116 cm³/mol. The number of hydrogen-bond donors (Lipinski definition) is 2. The van der Waals surface area contributed by atoms with Crippen LogP contribution in [0.1, 0.15) is 5.69 Å². The van der Waals surface area contributed by atoms with Crippen LogP contribution in [0.15, 0.2) is 29.1 Å². The molecule has 4 rings (SSSR count). The molecule has 0 saturated carbocycles. The molecule has 10 heteroatoms. The average Bonchev–Trinajstić information content (AvgIpc) is 2.77. The fraction of sp³-hybridized carbons (Fsp3) is 0.238. The zero-order valence-electron chi connectivity index (χ0n) is 17.7. The van der Waals surface area contributed by atoms with E-state index in [0.29, 0.717) is 39.7 Å². The number of anilines is 2. The van der Waals surface area contributed by atoms with Gasteiger partial charge >= 0.3 is 0 Å². The zero-order valence-corrected chi connectivity index (χ0v) is 17.7. The van der Waals surface area contributed by atoms with Crippen molar-refractivity contribution in [1.29, 1.82) is 0 Å². The van der Waals surface area contributed by atoms with Crippen LogP contribution in [0.5, 0.6) is 23.0 Å². The van der Waals surface area contributed by atoms with Crippen LogP contribution in [0.4, 0.5) is 11.9 Å². The molecule has 0 unspecified atom stereocenters. The van der Waals surface area contributed by atoms with Gasteiger partial charge in [0.2, 0.25) is 11.9 Å². The summed E-state index contributed by atoms with van der Waals surface area (Å²) >= 11 is 0. The number of aryl methyl sites for hydroxylation is 1. The maximum Gasteiger partial charge on any atom is 0.264 e. The first kappa shape index (κ1) is 20.2. The number of rotatable bonds is 6. The van der Waals surface area contributed by atoms with E-state index in [0.717, 1.165) is 5.39 Å². The molecule has 2 aromatic heterocycles. The molecule has 4 aromatic rings. The fourth-order valence-electron chi connectivity index (χ4n) is 3.35. The van der Waals surface area contributed by atoms with Crippen molar-refractivity contribution in [1.82, 2.24) is 19.9 Å².